The third-order valence-corrected chi connectivity index (χ3v) is 8.40. The average Bonchev–Trinajstić information content (AvgIpc) is 3.59. The molecule has 0 bridgehead atoms. The molecule has 1 aliphatic heterocycles. The Morgan fingerprint density at radius 2 is 2.16 bits per heavy atom. The lowest BCUT2D eigenvalue weighted by Gasteiger charge is -2.32. The normalized spacial score (nSPS) is 18.9. The smallest absolute Gasteiger partial charge is 0.236 e. The summed E-state index contributed by atoms with van der Waals surface area (Å²) in [6.45, 7) is 5.73. The zero-order valence-corrected chi connectivity index (χ0v) is 23.0. The molecule has 0 spiro atoms. The van der Waals surface area contributed by atoms with Crippen molar-refractivity contribution in [1.82, 2.24) is 15.2 Å². The van der Waals surface area contributed by atoms with Gasteiger partial charge in [-0.1, -0.05) is 18.2 Å². The Hall–Kier alpha value is -3.25. The molecule has 7 nitrogen and oxygen atoms in total. The molecule has 1 aliphatic carbocycles. The van der Waals surface area contributed by atoms with Gasteiger partial charge >= 0.3 is 0 Å². The number of likely N-dealkylation sites (tertiary alicyclic amines) is 1. The molecule has 2 heterocycles. The first-order valence-electron chi connectivity index (χ1n) is 13.3. The van der Waals surface area contributed by atoms with Gasteiger partial charge in [-0.25, -0.2) is 4.98 Å². The topological polar surface area (TPSA) is 87.5 Å². The van der Waals surface area contributed by atoms with Gasteiger partial charge in [0, 0.05) is 38.0 Å². The third kappa shape index (κ3) is 5.60. The number of aromatic nitrogens is 1. The van der Waals surface area contributed by atoms with Crippen molar-refractivity contribution in [3.05, 3.63) is 59.3 Å². The van der Waals surface area contributed by atoms with E-state index in [2.05, 4.69) is 34.6 Å². The van der Waals surface area contributed by atoms with Gasteiger partial charge in [-0.15, -0.1) is 11.3 Å². The summed E-state index contributed by atoms with van der Waals surface area (Å²) < 4.78 is 11.2. The van der Waals surface area contributed by atoms with Gasteiger partial charge in [-0.3, -0.25) is 4.79 Å². The van der Waals surface area contributed by atoms with Crippen molar-refractivity contribution in [2.24, 2.45) is 0 Å². The zero-order chi connectivity index (χ0) is 26.6. The maximum atomic E-state index is 12.8. The number of nitrogens with zero attached hydrogens (tertiary/aromatic N) is 3. The molecule has 1 N–H and O–H groups in total. The fraction of sp³-hybridized carbons (Fsp3) is 0.433. The Kier molecular flexibility index (Phi) is 8.08. The predicted molar refractivity (Wildman–Crippen MR) is 149 cm³/mol. The number of methoxy groups -OCH3 is 1. The van der Waals surface area contributed by atoms with Crippen LogP contribution in [0.25, 0.3) is 21.0 Å². The Bertz CT molecular complexity index is 1350. The summed E-state index contributed by atoms with van der Waals surface area (Å²) in [5, 5.41) is 14.0. The molecule has 38 heavy (non-hydrogen) atoms. The fourth-order valence-electron chi connectivity index (χ4n) is 5.42. The maximum absolute atomic E-state index is 12.8. The van der Waals surface area contributed by atoms with Gasteiger partial charge in [-0.05, 0) is 74.4 Å². The van der Waals surface area contributed by atoms with Crippen molar-refractivity contribution in [3.63, 3.8) is 0 Å². The van der Waals surface area contributed by atoms with E-state index in [0.29, 0.717) is 24.4 Å². The van der Waals surface area contributed by atoms with E-state index in [4.69, 9.17) is 9.47 Å². The highest BCUT2D eigenvalue weighted by atomic mass is 32.1. The molecule has 198 valence electrons. The lowest BCUT2D eigenvalue weighted by atomic mass is 10.0. The monoisotopic (exact) mass is 530 g/mol. The van der Waals surface area contributed by atoms with Crippen molar-refractivity contribution in [1.29, 1.82) is 5.26 Å². The molecule has 8 heteroatoms. The van der Waals surface area contributed by atoms with Crippen LogP contribution in [0.15, 0.2) is 42.6 Å². The Morgan fingerprint density at radius 3 is 2.95 bits per heavy atom. The zero-order valence-electron chi connectivity index (χ0n) is 22.2. The number of nitriles is 1. The number of fused-ring (bicyclic) bond motifs is 1. The largest absolute Gasteiger partial charge is 0.490 e. The van der Waals surface area contributed by atoms with Crippen molar-refractivity contribution in [2.45, 2.75) is 57.8 Å². The highest BCUT2D eigenvalue weighted by molar-refractivity contribution is 7.18. The number of rotatable bonds is 8. The first-order valence-corrected chi connectivity index (χ1v) is 14.1. The van der Waals surface area contributed by atoms with Gasteiger partial charge in [0.1, 0.15) is 16.8 Å². The Labute approximate surface area is 228 Å². The van der Waals surface area contributed by atoms with E-state index < -0.39 is 0 Å². The van der Waals surface area contributed by atoms with Crippen LogP contribution >= 0.6 is 11.3 Å². The van der Waals surface area contributed by atoms with Crippen LogP contribution in [-0.4, -0.2) is 54.7 Å². The second kappa shape index (κ2) is 11.6. The number of carbonyl (C=O) groups is 1. The summed E-state index contributed by atoms with van der Waals surface area (Å²) >= 11 is 1.63. The second-order valence-corrected chi connectivity index (χ2v) is 11.2. The van der Waals surface area contributed by atoms with E-state index in [9.17, 15) is 10.1 Å². The molecule has 0 radical (unpaired) electrons. The summed E-state index contributed by atoms with van der Waals surface area (Å²) in [5.74, 6) is 0.740. The van der Waals surface area contributed by atoms with E-state index in [-0.39, 0.29) is 24.2 Å². The molecule has 1 aromatic heterocycles. The summed E-state index contributed by atoms with van der Waals surface area (Å²) in [4.78, 5) is 20.6. The molecule has 2 aliphatic rings. The third-order valence-electron chi connectivity index (χ3n) is 7.32. The van der Waals surface area contributed by atoms with Crippen LogP contribution in [0.4, 0.5) is 0 Å². The van der Waals surface area contributed by atoms with Crippen molar-refractivity contribution in [2.75, 3.05) is 26.7 Å². The van der Waals surface area contributed by atoms with E-state index in [0.717, 1.165) is 47.7 Å². The standard InChI is InChI=1S/C30H34N4O3S/c1-19(2)37-27-12-9-20(14-21(27)15-31)30-33-16-28(38-30)25-8-4-7-24-23(25)10-11-26(24)32-17-29(35)34-13-5-6-22(18-34)36-3/h4,7-9,12,14,16,19,22,26,32H,5-6,10-11,13,17-18H2,1-3H3/t22-,26-/m0/s1. The van der Waals surface area contributed by atoms with Crippen LogP contribution in [0.5, 0.6) is 5.75 Å². The number of hydrogen-bond donors (Lipinski definition) is 1. The van der Waals surface area contributed by atoms with Crippen LogP contribution in [0, 0.1) is 11.3 Å². The highest BCUT2D eigenvalue weighted by Crippen LogP contribution is 2.41. The molecule has 1 saturated heterocycles. The van der Waals surface area contributed by atoms with Crippen molar-refractivity contribution < 1.29 is 14.3 Å². The Morgan fingerprint density at radius 1 is 1.29 bits per heavy atom. The van der Waals surface area contributed by atoms with E-state index in [1.807, 2.05) is 43.1 Å². The number of thiazole rings is 1. The van der Waals surface area contributed by atoms with Crippen LogP contribution in [0.2, 0.25) is 0 Å². The number of piperidine rings is 1. The van der Waals surface area contributed by atoms with E-state index >= 15 is 0 Å². The summed E-state index contributed by atoms with van der Waals surface area (Å²) in [6, 6.07) is 14.5. The minimum Gasteiger partial charge on any atom is -0.490 e. The molecule has 0 unspecified atom stereocenters. The maximum Gasteiger partial charge on any atom is 0.236 e. The lowest BCUT2D eigenvalue weighted by Crippen LogP contribution is -2.46. The van der Waals surface area contributed by atoms with Crippen LogP contribution < -0.4 is 10.1 Å². The first-order chi connectivity index (χ1) is 18.5. The molecular weight excluding hydrogens is 496 g/mol. The van der Waals surface area contributed by atoms with Gasteiger partial charge in [-0.2, -0.15) is 5.26 Å². The SMILES string of the molecule is CO[C@H]1CCCN(C(=O)CN[C@H]2CCc3c(-c4cnc(-c5ccc(OC(C)C)c(C#N)c5)s4)cccc32)C1. The van der Waals surface area contributed by atoms with Gasteiger partial charge in [0.05, 0.1) is 29.2 Å². The van der Waals surface area contributed by atoms with Crippen LogP contribution in [-0.2, 0) is 16.0 Å². The number of ether oxygens (including phenoxy) is 2. The van der Waals surface area contributed by atoms with Crippen molar-refractivity contribution >= 4 is 17.2 Å². The molecule has 1 amide bonds. The van der Waals surface area contributed by atoms with Crippen molar-refractivity contribution in [3.8, 4) is 32.8 Å². The Balaban J connectivity index is 1.30. The molecule has 2 aromatic carbocycles. The van der Waals surface area contributed by atoms with Gasteiger partial charge in [0.2, 0.25) is 5.91 Å². The molecule has 5 rings (SSSR count). The number of carbonyl (C=O) groups excluding carboxylic acids is 1. The minimum atomic E-state index is 0.00353. The average molecular weight is 531 g/mol. The first kappa shape index (κ1) is 26.4. The number of amides is 1. The summed E-state index contributed by atoms with van der Waals surface area (Å²) in [6.07, 6.45) is 6.00. The molecule has 1 fully saturated rings. The number of hydrogen-bond acceptors (Lipinski definition) is 7. The fourth-order valence-corrected chi connectivity index (χ4v) is 6.38. The number of benzene rings is 2. The molecule has 3 aromatic rings. The van der Waals surface area contributed by atoms with E-state index in [1.54, 1.807) is 18.4 Å². The van der Waals surface area contributed by atoms with Crippen LogP contribution in [0.1, 0.15) is 55.8 Å². The summed E-state index contributed by atoms with van der Waals surface area (Å²) in [5.41, 5.74) is 5.21. The molecule has 0 saturated carbocycles. The van der Waals surface area contributed by atoms with Gasteiger partial charge < -0.3 is 19.7 Å². The highest BCUT2D eigenvalue weighted by Gasteiger charge is 2.28. The summed E-state index contributed by atoms with van der Waals surface area (Å²) in [7, 11) is 1.72. The van der Waals surface area contributed by atoms with E-state index in [1.165, 1.54) is 16.7 Å². The predicted octanol–water partition coefficient (Wildman–Crippen LogP) is 5.35. The number of nitrogens with one attached hydrogen (secondary N) is 1. The quantitative estimate of drug-likeness (QED) is 0.422. The van der Waals surface area contributed by atoms with Crippen LogP contribution in [0.3, 0.4) is 0 Å². The van der Waals surface area contributed by atoms with Gasteiger partial charge in [0.15, 0.2) is 0 Å². The second-order valence-electron chi connectivity index (χ2n) is 10.2. The molecule has 2 atom stereocenters. The van der Waals surface area contributed by atoms with Gasteiger partial charge in [0.25, 0.3) is 0 Å². The minimum absolute atomic E-state index is 0.00353. The molecular formula is C30H34N4O3S. The lowest BCUT2D eigenvalue weighted by molar-refractivity contribution is -0.133.